The van der Waals surface area contributed by atoms with Gasteiger partial charge in [-0.15, -0.1) is 0 Å². The van der Waals surface area contributed by atoms with Crippen molar-refractivity contribution in [3.05, 3.63) is 24.3 Å². The van der Waals surface area contributed by atoms with Crippen molar-refractivity contribution in [2.24, 2.45) is 5.92 Å². The van der Waals surface area contributed by atoms with E-state index in [1.165, 1.54) is 24.6 Å². The lowest BCUT2D eigenvalue weighted by atomic mass is 10.2. The molecule has 0 bridgehead atoms. The van der Waals surface area contributed by atoms with Crippen molar-refractivity contribution in [2.75, 3.05) is 0 Å². The summed E-state index contributed by atoms with van der Waals surface area (Å²) in [6.45, 7) is 24.9. The first-order chi connectivity index (χ1) is 11.3. The minimum atomic E-state index is -1.30. The number of hydrogen-bond donors (Lipinski definition) is 0. The third-order valence-electron chi connectivity index (χ3n) is 6.68. The Morgan fingerprint density at radius 3 is 1.60 bits per heavy atom. The van der Waals surface area contributed by atoms with E-state index in [0.29, 0.717) is 0 Å². The van der Waals surface area contributed by atoms with Gasteiger partial charge in [-0.2, -0.15) is 0 Å². The molecular weight excluding hydrogens is 349 g/mol. The predicted octanol–water partition coefficient (Wildman–Crippen LogP) is 6.68. The van der Waals surface area contributed by atoms with Gasteiger partial charge in [-0.05, 0) is 11.5 Å². The molecule has 3 heteroatoms. The highest BCUT2D eigenvalue weighted by Gasteiger charge is 2.30. The van der Waals surface area contributed by atoms with Gasteiger partial charge in [0.2, 0.25) is 0 Å². The maximum atomic E-state index is 2.61. The molecule has 0 aromatic heterocycles. The lowest BCUT2D eigenvalue weighted by Gasteiger charge is -2.31. The second-order valence-corrected chi connectivity index (χ2v) is 26.3. The molecule has 0 unspecified atom stereocenters. The molecule has 0 heterocycles. The van der Waals surface area contributed by atoms with E-state index in [4.69, 9.17) is 0 Å². The molecule has 144 valence electrons. The highest BCUT2D eigenvalue weighted by atomic mass is 28.3. The van der Waals surface area contributed by atoms with E-state index in [9.17, 15) is 0 Å². The van der Waals surface area contributed by atoms with Gasteiger partial charge in [0.1, 0.15) is 0 Å². The molecule has 1 aromatic carbocycles. The average Bonchev–Trinajstić information content (AvgIpc) is 2.51. The summed E-state index contributed by atoms with van der Waals surface area (Å²) in [5.74, 6) is 0.859. The van der Waals surface area contributed by atoms with Gasteiger partial charge >= 0.3 is 0 Å². The highest BCUT2D eigenvalue weighted by Crippen LogP contribution is 2.26. The van der Waals surface area contributed by atoms with Gasteiger partial charge < -0.3 is 0 Å². The topological polar surface area (TPSA) is 0 Å². The number of benzene rings is 1. The van der Waals surface area contributed by atoms with E-state index in [0.717, 1.165) is 11.5 Å². The third kappa shape index (κ3) is 6.84. The second kappa shape index (κ2) is 8.71. The zero-order valence-electron chi connectivity index (χ0n) is 18.8. The molecule has 0 aliphatic heterocycles. The van der Waals surface area contributed by atoms with E-state index in [-0.39, 0.29) is 0 Å². The van der Waals surface area contributed by atoms with Crippen LogP contribution in [0.4, 0.5) is 0 Å². The largest absolute Gasteiger partial charge is 0.0831 e. The van der Waals surface area contributed by atoms with Crippen molar-refractivity contribution in [2.45, 2.75) is 97.1 Å². The number of rotatable bonds is 9. The van der Waals surface area contributed by atoms with Gasteiger partial charge in [-0.3, -0.25) is 0 Å². The fourth-order valence-corrected chi connectivity index (χ4v) is 13.2. The molecule has 0 saturated carbocycles. The summed E-state index contributed by atoms with van der Waals surface area (Å²) in [5.41, 5.74) is 0.802. The summed E-state index contributed by atoms with van der Waals surface area (Å²) in [6, 6.07) is 14.4. The Morgan fingerprint density at radius 2 is 1.16 bits per heavy atom. The van der Waals surface area contributed by atoms with Crippen molar-refractivity contribution in [1.29, 1.82) is 0 Å². The Bertz CT molecular complexity index is 525. The molecule has 0 atom stereocenters. The molecule has 1 rings (SSSR count). The summed E-state index contributed by atoms with van der Waals surface area (Å²) in [6.07, 6.45) is 1.42. The van der Waals surface area contributed by atoms with Gasteiger partial charge in [0.05, 0.1) is 16.1 Å². The molecule has 0 saturated heterocycles. The summed E-state index contributed by atoms with van der Waals surface area (Å²) in [7, 11) is -3.61. The fourth-order valence-electron chi connectivity index (χ4n) is 3.28. The molecule has 0 fully saturated rings. The van der Waals surface area contributed by atoms with Crippen LogP contribution in [0.2, 0.25) is 63.0 Å². The van der Waals surface area contributed by atoms with Gasteiger partial charge in [-0.25, -0.2) is 0 Å². The van der Waals surface area contributed by atoms with E-state index in [2.05, 4.69) is 91.2 Å². The SMILES string of the molecule is CC(C)CC[Si](C)(C)CC[Si](C)(C)c1ccc([Si](C)(C)C(C)C)cc1. The molecule has 0 aliphatic rings. The van der Waals surface area contributed by atoms with Gasteiger partial charge in [0, 0.05) is 8.07 Å². The minimum absolute atomic E-state index is 0.802. The standard InChI is InChI=1S/C22H44Si3/c1-19(2)15-16-23(5,6)17-18-24(7,8)21-11-13-22(14-12-21)25(9,10)20(3)4/h11-14,19-20H,15-18H2,1-10H3. The van der Waals surface area contributed by atoms with E-state index < -0.39 is 24.2 Å². The normalized spacial score (nSPS) is 13.8. The summed E-state index contributed by atoms with van der Waals surface area (Å²) >= 11 is 0. The zero-order valence-corrected chi connectivity index (χ0v) is 21.8. The van der Waals surface area contributed by atoms with Crippen molar-refractivity contribution in [1.82, 2.24) is 0 Å². The van der Waals surface area contributed by atoms with Crippen LogP contribution in [0.15, 0.2) is 24.3 Å². The lowest BCUT2D eigenvalue weighted by Crippen LogP contribution is -2.47. The van der Waals surface area contributed by atoms with Crippen LogP contribution < -0.4 is 10.4 Å². The minimum Gasteiger partial charge on any atom is -0.0694 e. The van der Waals surface area contributed by atoms with E-state index in [1.807, 2.05) is 0 Å². The van der Waals surface area contributed by atoms with Crippen molar-refractivity contribution in [3.8, 4) is 0 Å². The van der Waals surface area contributed by atoms with Crippen LogP contribution in [0.25, 0.3) is 0 Å². The molecule has 0 nitrogen and oxygen atoms in total. The Kier molecular flexibility index (Phi) is 7.98. The predicted molar refractivity (Wildman–Crippen MR) is 127 cm³/mol. The summed E-state index contributed by atoms with van der Waals surface area (Å²) in [5, 5.41) is 3.29. The Morgan fingerprint density at radius 1 is 0.680 bits per heavy atom. The van der Waals surface area contributed by atoms with Crippen molar-refractivity contribution >= 4 is 34.6 Å². The third-order valence-corrected chi connectivity index (χ3v) is 18.5. The van der Waals surface area contributed by atoms with E-state index in [1.54, 1.807) is 10.4 Å². The monoisotopic (exact) mass is 392 g/mol. The van der Waals surface area contributed by atoms with Crippen LogP contribution in [0.1, 0.15) is 34.1 Å². The lowest BCUT2D eigenvalue weighted by molar-refractivity contribution is 0.619. The first kappa shape index (κ1) is 22.9. The van der Waals surface area contributed by atoms with Gasteiger partial charge in [0.15, 0.2) is 0 Å². The maximum Gasteiger partial charge on any atom is 0.0831 e. The highest BCUT2D eigenvalue weighted by molar-refractivity contribution is 6.92. The molecule has 0 aliphatic carbocycles. The fraction of sp³-hybridized carbons (Fsp3) is 0.727. The number of hydrogen-bond acceptors (Lipinski definition) is 0. The molecule has 25 heavy (non-hydrogen) atoms. The van der Waals surface area contributed by atoms with Gasteiger partial charge in [0.25, 0.3) is 0 Å². The van der Waals surface area contributed by atoms with Crippen LogP contribution in [0.5, 0.6) is 0 Å². The van der Waals surface area contributed by atoms with Crippen molar-refractivity contribution < 1.29 is 0 Å². The van der Waals surface area contributed by atoms with E-state index >= 15 is 0 Å². The first-order valence-electron chi connectivity index (χ1n) is 10.4. The molecule has 0 spiro atoms. The average molecular weight is 393 g/mol. The zero-order chi connectivity index (χ0) is 19.5. The smallest absolute Gasteiger partial charge is 0.0694 e. The second-order valence-electron chi connectivity index (χ2n) is 10.9. The summed E-state index contributed by atoms with van der Waals surface area (Å²) in [4.78, 5) is 0. The summed E-state index contributed by atoms with van der Waals surface area (Å²) < 4.78 is 0. The first-order valence-corrected chi connectivity index (χ1v) is 20.1. The van der Waals surface area contributed by atoms with Crippen LogP contribution in [-0.4, -0.2) is 24.2 Å². The van der Waals surface area contributed by atoms with Crippen LogP contribution >= 0.6 is 0 Å². The molecular formula is C22H44Si3. The molecule has 0 amide bonds. The maximum absolute atomic E-state index is 2.61. The Hall–Kier alpha value is -0.129. The van der Waals surface area contributed by atoms with Gasteiger partial charge in [-0.1, -0.05) is 126 Å². The molecule has 1 aromatic rings. The van der Waals surface area contributed by atoms with Crippen LogP contribution in [0, 0.1) is 5.92 Å². The Balaban J connectivity index is 2.79. The van der Waals surface area contributed by atoms with Crippen LogP contribution in [0.3, 0.4) is 0 Å². The Labute approximate surface area is 161 Å². The molecule has 0 radical (unpaired) electrons. The molecule has 0 N–H and O–H groups in total. The van der Waals surface area contributed by atoms with Crippen molar-refractivity contribution in [3.63, 3.8) is 0 Å². The quantitative estimate of drug-likeness (QED) is 0.411. The van der Waals surface area contributed by atoms with Crippen LogP contribution in [-0.2, 0) is 0 Å².